The van der Waals surface area contributed by atoms with Crippen LogP contribution in [0.15, 0.2) is 60.7 Å². The fourth-order valence-corrected chi connectivity index (χ4v) is 4.62. The van der Waals surface area contributed by atoms with E-state index in [0.717, 1.165) is 44.9 Å². The smallest absolute Gasteiger partial charge is 0.312 e. The number of hydrogen-bond donors (Lipinski definition) is 2. The van der Waals surface area contributed by atoms with E-state index < -0.39 is 23.3 Å². The fraction of sp³-hybridized carbons (Fsp3) is 0.583. The Morgan fingerprint density at radius 2 is 1.50 bits per heavy atom. The second-order valence-corrected chi connectivity index (χ2v) is 12.4. The van der Waals surface area contributed by atoms with E-state index in [-0.39, 0.29) is 24.8 Å². The number of ether oxygens (including phenoxy) is 3. The molecule has 44 heavy (non-hydrogen) atoms. The maximum Gasteiger partial charge on any atom is 0.312 e. The molecule has 8 nitrogen and oxygen atoms in total. The third kappa shape index (κ3) is 15.5. The summed E-state index contributed by atoms with van der Waals surface area (Å²) in [7, 11) is 0. The number of nitrogens with one attached hydrogen (secondary N) is 2. The zero-order chi connectivity index (χ0) is 32.3. The number of unbranched alkanes of at least 4 members (excludes halogenated alkanes) is 5. The Balaban J connectivity index is 1.54. The Labute approximate surface area is 264 Å². The molecule has 1 fully saturated rings. The van der Waals surface area contributed by atoms with Gasteiger partial charge in [0.05, 0.1) is 13.0 Å². The highest BCUT2D eigenvalue weighted by Crippen LogP contribution is 2.34. The number of anilines is 1. The van der Waals surface area contributed by atoms with Gasteiger partial charge >= 0.3 is 5.97 Å². The monoisotopic (exact) mass is 610 g/mol. The van der Waals surface area contributed by atoms with Crippen LogP contribution in [0.1, 0.15) is 105 Å². The first-order valence-electron chi connectivity index (χ1n) is 16.2. The van der Waals surface area contributed by atoms with Crippen molar-refractivity contribution in [2.45, 2.75) is 117 Å². The van der Waals surface area contributed by atoms with Crippen molar-refractivity contribution in [3.63, 3.8) is 0 Å². The number of amides is 2. The molecule has 1 aliphatic rings. The van der Waals surface area contributed by atoms with Gasteiger partial charge in [-0.25, -0.2) is 0 Å². The Kier molecular flexibility index (Phi) is 16.7. The van der Waals surface area contributed by atoms with Crippen molar-refractivity contribution in [1.82, 2.24) is 5.32 Å². The number of hydrogen-bond acceptors (Lipinski definition) is 6. The van der Waals surface area contributed by atoms with E-state index in [1.54, 1.807) is 38.1 Å². The summed E-state index contributed by atoms with van der Waals surface area (Å²) < 4.78 is 16.8. The van der Waals surface area contributed by atoms with Gasteiger partial charge in [-0.05, 0) is 76.6 Å². The van der Waals surface area contributed by atoms with Crippen LogP contribution in [0.25, 0.3) is 0 Å². The van der Waals surface area contributed by atoms with Crippen molar-refractivity contribution >= 4 is 23.5 Å². The van der Waals surface area contributed by atoms with Crippen molar-refractivity contribution in [2.75, 3.05) is 18.5 Å². The third-order valence-electron chi connectivity index (χ3n) is 7.19. The minimum atomic E-state index is -0.844. The van der Waals surface area contributed by atoms with E-state index in [2.05, 4.69) is 54.0 Å². The number of allylic oxidation sites excluding steroid dienone is 6. The van der Waals surface area contributed by atoms with Crippen molar-refractivity contribution in [1.29, 1.82) is 0 Å². The van der Waals surface area contributed by atoms with Crippen LogP contribution >= 0.6 is 0 Å². The van der Waals surface area contributed by atoms with Crippen LogP contribution in [0.5, 0.6) is 5.75 Å². The normalized spacial score (nSPS) is 17.7. The van der Waals surface area contributed by atoms with Crippen LogP contribution in [0.4, 0.5) is 5.69 Å². The van der Waals surface area contributed by atoms with Gasteiger partial charge in [0.15, 0.2) is 5.79 Å². The average Bonchev–Trinajstić information content (AvgIpc) is 2.97. The van der Waals surface area contributed by atoms with Crippen LogP contribution in [0, 0.1) is 5.41 Å². The molecule has 2 N–H and O–H groups in total. The largest absolute Gasteiger partial charge is 0.426 e. The first kappa shape index (κ1) is 37.0. The second kappa shape index (κ2) is 19.9. The molecule has 0 bridgehead atoms. The summed E-state index contributed by atoms with van der Waals surface area (Å²) in [5.41, 5.74) is 0.168. The summed E-state index contributed by atoms with van der Waals surface area (Å²) in [6, 6.07) is 6.70. The number of rotatable bonds is 19. The molecule has 244 valence electrons. The average molecular weight is 611 g/mol. The Hall–Kier alpha value is -3.23. The van der Waals surface area contributed by atoms with Gasteiger partial charge in [-0.15, -0.1) is 0 Å². The topological polar surface area (TPSA) is 103 Å². The highest BCUT2D eigenvalue weighted by atomic mass is 16.7. The summed E-state index contributed by atoms with van der Waals surface area (Å²) in [4.78, 5) is 37.3. The Bertz CT molecular complexity index is 1100. The minimum absolute atomic E-state index is 0.0169. The highest BCUT2D eigenvalue weighted by molar-refractivity contribution is 5.90. The molecule has 1 saturated heterocycles. The Morgan fingerprint density at radius 1 is 0.864 bits per heavy atom. The number of esters is 1. The summed E-state index contributed by atoms with van der Waals surface area (Å²) in [5, 5.41) is 5.66. The molecule has 0 saturated carbocycles. The Morgan fingerprint density at radius 3 is 2.20 bits per heavy atom. The molecule has 8 heteroatoms. The first-order chi connectivity index (χ1) is 21.0. The van der Waals surface area contributed by atoms with Crippen LogP contribution in [0.3, 0.4) is 0 Å². The van der Waals surface area contributed by atoms with Crippen LogP contribution in [-0.4, -0.2) is 42.8 Å². The highest BCUT2D eigenvalue weighted by Gasteiger charge is 2.45. The molecule has 1 aliphatic heterocycles. The number of carbonyl (C=O) groups excluding carboxylic acids is 3. The van der Waals surface area contributed by atoms with Gasteiger partial charge in [0.2, 0.25) is 11.8 Å². The van der Waals surface area contributed by atoms with Crippen molar-refractivity contribution < 1.29 is 28.6 Å². The summed E-state index contributed by atoms with van der Waals surface area (Å²) >= 11 is 0. The molecule has 1 aromatic carbocycles. The quantitative estimate of drug-likeness (QED) is 0.0717. The van der Waals surface area contributed by atoms with Crippen molar-refractivity contribution in [3.8, 4) is 5.75 Å². The van der Waals surface area contributed by atoms with E-state index in [1.807, 2.05) is 13.8 Å². The molecule has 1 aromatic rings. The molecule has 2 amide bonds. The lowest BCUT2D eigenvalue weighted by atomic mass is 9.85. The van der Waals surface area contributed by atoms with E-state index in [0.29, 0.717) is 24.5 Å². The van der Waals surface area contributed by atoms with E-state index in [9.17, 15) is 14.4 Å². The van der Waals surface area contributed by atoms with Crippen molar-refractivity contribution in [3.05, 3.63) is 60.7 Å². The maximum atomic E-state index is 12.7. The molecule has 1 unspecified atom stereocenters. The number of carbonyl (C=O) groups is 3. The third-order valence-corrected chi connectivity index (χ3v) is 7.19. The van der Waals surface area contributed by atoms with Gasteiger partial charge in [-0.1, -0.05) is 76.5 Å². The molecule has 0 spiro atoms. The summed E-state index contributed by atoms with van der Waals surface area (Å²) in [5.74, 6) is -1.23. The SMILES string of the molecule is CC/C=C\C/C=C\C/C=C\CCCCCCCC(=O)Nc1ccc(OC(=O)CCNC(=O)C2OC(C)(C)OCC2(C)C)cc1. The second-order valence-electron chi connectivity index (χ2n) is 12.4. The lowest BCUT2D eigenvalue weighted by Gasteiger charge is -2.44. The molecular weight excluding hydrogens is 556 g/mol. The molecule has 0 aromatic heterocycles. The molecule has 0 radical (unpaired) electrons. The zero-order valence-electron chi connectivity index (χ0n) is 27.5. The molecule has 2 rings (SSSR count). The van der Waals surface area contributed by atoms with Gasteiger partial charge in [0, 0.05) is 24.1 Å². The first-order valence-corrected chi connectivity index (χ1v) is 16.2. The van der Waals surface area contributed by atoms with Gasteiger partial charge in [0.1, 0.15) is 11.9 Å². The minimum Gasteiger partial charge on any atom is -0.426 e. The maximum absolute atomic E-state index is 12.7. The van der Waals surface area contributed by atoms with Gasteiger partial charge in [-0.3, -0.25) is 14.4 Å². The lowest BCUT2D eigenvalue weighted by molar-refractivity contribution is -0.304. The van der Waals surface area contributed by atoms with Gasteiger partial charge in [-0.2, -0.15) is 0 Å². The molecular formula is C36H54N2O6. The zero-order valence-corrected chi connectivity index (χ0v) is 27.5. The fourth-order valence-electron chi connectivity index (χ4n) is 4.62. The predicted molar refractivity (Wildman–Crippen MR) is 176 cm³/mol. The van der Waals surface area contributed by atoms with Gasteiger partial charge in [0.25, 0.3) is 0 Å². The van der Waals surface area contributed by atoms with Crippen LogP contribution in [0.2, 0.25) is 0 Å². The van der Waals surface area contributed by atoms with E-state index in [1.165, 1.54) is 12.8 Å². The van der Waals surface area contributed by atoms with Crippen LogP contribution in [-0.2, 0) is 23.9 Å². The number of benzene rings is 1. The molecule has 0 aliphatic carbocycles. The summed E-state index contributed by atoms with van der Waals surface area (Å²) in [6.07, 6.45) is 22.7. The molecule has 1 atom stereocenters. The van der Waals surface area contributed by atoms with E-state index in [4.69, 9.17) is 14.2 Å². The van der Waals surface area contributed by atoms with Crippen molar-refractivity contribution in [2.24, 2.45) is 5.41 Å². The lowest BCUT2D eigenvalue weighted by Crippen LogP contribution is -2.56. The van der Waals surface area contributed by atoms with Crippen LogP contribution < -0.4 is 15.4 Å². The predicted octanol–water partition coefficient (Wildman–Crippen LogP) is 7.80. The molecule has 1 heterocycles. The van der Waals surface area contributed by atoms with E-state index >= 15 is 0 Å². The summed E-state index contributed by atoms with van der Waals surface area (Å²) in [6.45, 7) is 10.0. The standard InChI is InChI=1S/C36H54N2O6/c1-6-7-8-9-10-11-12-13-14-15-16-17-18-19-20-21-31(39)38-29-22-24-30(25-23-29)43-32(40)26-27-37-34(41)33-35(2,3)28-42-36(4,5)44-33/h7-8,10-11,13-14,22-25,33H,6,9,12,15-21,26-28H2,1-5H3,(H,37,41)(H,38,39)/b8-7-,11-10-,14-13-. The van der Waals surface area contributed by atoms with Gasteiger partial charge < -0.3 is 24.8 Å².